The zero-order valence-electron chi connectivity index (χ0n) is 16.7. The molecular weight excluding hydrogens is 420 g/mol. The van der Waals surface area contributed by atoms with Gasteiger partial charge in [-0.15, -0.1) is 16.8 Å². The third kappa shape index (κ3) is 6.11. The fraction of sp³-hybridized carbons (Fsp3) is 0.227. The maximum Gasteiger partial charge on any atom is 0.230 e. The number of hydrogen-bond acceptors (Lipinski definition) is 5. The molecule has 0 unspecified atom stereocenters. The monoisotopic (exact) mass is 442 g/mol. The van der Waals surface area contributed by atoms with Gasteiger partial charge in [-0.25, -0.2) is 0 Å². The Morgan fingerprint density at radius 3 is 2.80 bits per heavy atom. The van der Waals surface area contributed by atoms with Gasteiger partial charge in [-0.1, -0.05) is 59.8 Å². The van der Waals surface area contributed by atoms with Crippen LogP contribution in [0.4, 0.5) is 0 Å². The molecule has 0 radical (unpaired) electrons. The van der Waals surface area contributed by atoms with Gasteiger partial charge in [0, 0.05) is 18.1 Å². The van der Waals surface area contributed by atoms with Crippen molar-refractivity contribution in [3.8, 4) is 5.75 Å². The molecule has 1 amide bonds. The van der Waals surface area contributed by atoms with E-state index in [4.69, 9.17) is 16.3 Å². The van der Waals surface area contributed by atoms with Crippen molar-refractivity contribution in [3.63, 3.8) is 0 Å². The summed E-state index contributed by atoms with van der Waals surface area (Å²) < 4.78 is 7.73. The molecule has 3 aromatic rings. The highest BCUT2D eigenvalue weighted by Crippen LogP contribution is 2.23. The van der Waals surface area contributed by atoms with Gasteiger partial charge in [0.1, 0.15) is 12.4 Å². The van der Waals surface area contributed by atoms with Gasteiger partial charge in [-0.3, -0.25) is 9.36 Å². The minimum atomic E-state index is -0.0635. The van der Waals surface area contributed by atoms with Crippen molar-refractivity contribution < 1.29 is 9.53 Å². The second-order valence-corrected chi connectivity index (χ2v) is 7.90. The van der Waals surface area contributed by atoms with Crippen LogP contribution in [-0.2, 0) is 24.5 Å². The molecule has 6 nitrogen and oxygen atoms in total. The molecule has 0 saturated carbocycles. The standard InChI is InChI=1S/C22H23ClN4O2S/c1-3-11-27-20(14-29-18-9-10-19(23)16(2)12-18)25-26-22(27)30-15-21(28)24-13-17-7-5-4-6-8-17/h3-10,12H,1,11,13-15H2,2H3,(H,24,28). The molecular formula is C22H23ClN4O2S. The quantitative estimate of drug-likeness (QED) is 0.372. The highest BCUT2D eigenvalue weighted by molar-refractivity contribution is 7.99. The Kier molecular flexibility index (Phi) is 7.93. The van der Waals surface area contributed by atoms with E-state index in [0.29, 0.717) is 34.8 Å². The lowest BCUT2D eigenvalue weighted by atomic mass is 10.2. The van der Waals surface area contributed by atoms with Crippen LogP contribution in [0, 0.1) is 6.92 Å². The topological polar surface area (TPSA) is 69.0 Å². The third-order valence-electron chi connectivity index (χ3n) is 4.27. The van der Waals surface area contributed by atoms with Crippen molar-refractivity contribution in [2.45, 2.75) is 31.8 Å². The van der Waals surface area contributed by atoms with E-state index in [0.717, 1.165) is 11.1 Å². The minimum Gasteiger partial charge on any atom is -0.486 e. The molecule has 1 heterocycles. The lowest BCUT2D eigenvalue weighted by Gasteiger charge is -2.10. The highest BCUT2D eigenvalue weighted by Gasteiger charge is 2.14. The van der Waals surface area contributed by atoms with Crippen LogP contribution >= 0.6 is 23.4 Å². The van der Waals surface area contributed by atoms with Crippen LogP contribution in [0.25, 0.3) is 0 Å². The van der Waals surface area contributed by atoms with E-state index in [1.807, 2.05) is 54.0 Å². The lowest BCUT2D eigenvalue weighted by Crippen LogP contribution is -2.24. The van der Waals surface area contributed by atoms with E-state index >= 15 is 0 Å². The second-order valence-electron chi connectivity index (χ2n) is 6.55. The Balaban J connectivity index is 1.57. The first-order valence-electron chi connectivity index (χ1n) is 9.42. The van der Waals surface area contributed by atoms with Gasteiger partial charge in [-0.2, -0.15) is 0 Å². The molecule has 8 heteroatoms. The minimum absolute atomic E-state index is 0.0635. The summed E-state index contributed by atoms with van der Waals surface area (Å²) in [6, 6.07) is 15.3. The number of aromatic nitrogens is 3. The molecule has 0 bridgehead atoms. The summed E-state index contributed by atoms with van der Waals surface area (Å²) in [7, 11) is 0. The van der Waals surface area contributed by atoms with E-state index in [1.165, 1.54) is 11.8 Å². The predicted molar refractivity (Wildman–Crippen MR) is 120 cm³/mol. The fourth-order valence-corrected chi connectivity index (χ4v) is 3.59. The van der Waals surface area contributed by atoms with Crippen LogP contribution in [0.1, 0.15) is 17.0 Å². The molecule has 0 atom stereocenters. The number of thioether (sulfide) groups is 1. The number of carbonyl (C=O) groups is 1. The van der Waals surface area contributed by atoms with Gasteiger partial charge in [0.2, 0.25) is 5.91 Å². The first-order chi connectivity index (χ1) is 14.6. The van der Waals surface area contributed by atoms with Crippen LogP contribution < -0.4 is 10.1 Å². The molecule has 0 aliphatic heterocycles. The Bertz CT molecular complexity index is 1010. The van der Waals surface area contributed by atoms with Crippen molar-refractivity contribution in [2.24, 2.45) is 0 Å². The van der Waals surface area contributed by atoms with E-state index < -0.39 is 0 Å². The third-order valence-corrected chi connectivity index (χ3v) is 5.66. The van der Waals surface area contributed by atoms with Gasteiger partial charge < -0.3 is 10.1 Å². The number of rotatable bonds is 10. The van der Waals surface area contributed by atoms with Gasteiger partial charge in [0.25, 0.3) is 0 Å². The molecule has 0 aliphatic carbocycles. The fourth-order valence-electron chi connectivity index (χ4n) is 2.68. The van der Waals surface area contributed by atoms with Crippen molar-refractivity contribution in [3.05, 3.63) is 83.2 Å². The number of carbonyl (C=O) groups excluding carboxylic acids is 1. The maximum absolute atomic E-state index is 12.2. The summed E-state index contributed by atoms with van der Waals surface area (Å²) >= 11 is 7.39. The molecule has 0 saturated heterocycles. The number of allylic oxidation sites excluding steroid dienone is 1. The number of nitrogens with one attached hydrogen (secondary N) is 1. The number of nitrogens with zero attached hydrogens (tertiary/aromatic N) is 3. The Labute approximate surface area is 185 Å². The smallest absolute Gasteiger partial charge is 0.230 e. The van der Waals surface area contributed by atoms with Crippen LogP contribution in [-0.4, -0.2) is 26.4 Å². The highest BCUT2D eigenvalue weighted by atomic mass is 35.5. The summed E-state index contributed by atoms with van der Waals surface area (Å²) in [6.45, 7) is 7.00. The number of aryl methyl sites for hydroxylation is 1. The number of halogens is 1. The molecule has 1 aromatic heterocycles. The molecule has 1 N–H and O–H groups in total. The largest absolute Gasteiger partial charge is 0.486 e. The molecule has 156 valence electrons. The van der Waals surface area contributed by atoms with Gasteiger partial charge in [0.05, 0.1) is 5.75 Å². The normalized spacial score (nSPS) is 10.6. The zero-order valence-corrected chi connectivity index (χ0v) is 18.2. The van der Waals surface area contributed by atoms with Crippen LogP contribution in [0.3, 0.4) is 0 Å². The molecule has 0 aliphatic rings. The van der Waals surface area contributed by atoms with E-state index in [-0.39, 0.29) is 18.3 Å². The molecule has 2 aromatic carbocycles. The summed E-state index contributed by atoms with van der Waals surface area (Å²) in [4.78, 5) is 12.2. The SMILES string of the molecule is C=CCn1c(COc2ccc(Cl)c(C)c2)nnc1SCC(=O)NCc1ccccc1. The van der Waals surface area contributed by atoms with E-state index in [9.17, 15) is 4.79 Å². The molecule has 3 rings (SSSR count). The number of ether oxygens (including phenoxy) is 1. The number of amides is 1. The molecule has 0 fully saturated rings. The average molecular weight is 443 g/mol. The number of benzene rings is 2. The van der Waals surface area contributed by atoms with Gasteiger partial charge in [-0.05, 0) is 36.2 Å². The summed E-state index contributed by atoms with van der Waals surface area (Å²) in [6.07, 6.45) is 1.76. The van der Waals surface area contributed by atoms with Crippen molar-refractivity contribution in [2.75, 3.05) is 5.75 Å². The Hall–Kier alpha value is -2.77. The van der Waals surface area contributed by atoms with Crippen molar-refractivity contribution >= 4 is 29.3 Å². The van der Waals surface area contributed by atoms with Crippen LogP contribution in [0.15, 0.2) is 66.3 Å². The van der Waals surface area contributed by atoms with Gasteiger partial charge in [0.15, 0.2) is 11.0 Å². The average Bonchev–Trinajstić information content (AvgIpc) is 3.14. The number of hydrogen-bond donors (Lipinski definition) is 1. The maximum atomic E-state index is 12.2. The summed E-state index contributed by atoms with van der Waals surface area (Å²) in [5.74, 6) is 1.56. The molecule has 30 heavy (non-hydrogen) atoms. The van der Waals surface area contributed by atoms with E-state index in [1.54, 1.807) is 12.1 Å². The van der Waals surface area contributed by atoms with Crippen molar-refractivity contribution in [1.29, 1.82) is 0 Å². The molecule has 0 spiro atoms. The lowest BCUT2D eigenvalue weighted by molar-refractivity contribution is -0.118. The van der Waals surface area contributed by atoms with Gasteiger partial charge >= 0.3 is 0 Å². The second kappa shape index (κ2) is 10.8. The van der Waals surface area contributed by atoms with Crippen LogP contribution in [0.2, 0.25) is 5.02 Å². The summed E-state index contributed by atoms with van der Waals surface area (Å²) in [5.41, 5.74) is 2.00. The summed E-state index contributed by atoms with van der Waals surface area (Å²) in [5, 5.41) is 12.7. The van der Waals surface area contributed by atoms with Crippen molar-refractivity contribution in [1.82, 2.24) is 20.1 Å². The van der Waals surface area contributed by atoms with Crippen LogP contribution in [0.5, 0.6) is 5.75 Å². The zero-order chi connectivity index (χ0) is 21.3. The predicted octanol–water partition coefficient (Wildman–Crippen LogP) is 4.41. The van der Waals surface area contributed by atoms with E-state index in [2.05, 4.69) is 22.1 Å². The first kappa shape index (κ1) is 21.9. The Morgan fingerprint density at radius 2 is 2.07 bits per heavy atom. The first-order valence-corrected chi connectivity index (χ1v) is 10.8. The Morgan fingerprint density at radius 1 is 1.27 bits per heavy atom.